The van der Waals surface area contributed by atoms with Crippen LogP contribution in [-0.4, -0.2) is 0 Å². The van der Waals surface area contributed by atoms with E-state index < -0.39 is 0 Å². The zero-order valence-corrected chi connectivity index (χ0v) is 5.15. The Morgan fingerprint density at radius 3 is 1.00 bits per heavy atom. The van der Waals surface area contributed by atoms with Crippen molar-refractivity contribution in [2.75, 3.05) is 0 Å². The lowest BCUT2D eigenvalue weighted by atomic mass is 10.6. The highest BCUT2D eigenvalue weighted by Gasteiger charge is 1.34. The molecule has 0 nitrogen and oxygen atoms in total. The minimum absolute atomic E-state index is 2.00. The van der Waals surface area contributed by atoms with Crippen molar-refractivity contribution < 1.29 is 0 Å². The lowest BCUT2D eigenvalue weighted by Crippen LogP contribution is -1.26. The third-order valence-corrected chi connectivity index (χ3v) is 0.333. The summed E-state index contributed by atoms with van der Waals surface area (Å²) in [6.07, 6.45) is 4.00. The van der Waals surface area contributed by atoms with E-state index in [0.29, 0.717) is 0 Å². The molecule has 0 aliphatic carbocycles. The molecular formula is C6H14. The van der Waals surface area contributed by atoms with E-state index in [9.17, 15) is 0 Å². The standard InChI is InChI=1S/C4H8.C2H6/c1-3-4-2;1-2/h3-4H,1-2H3;1-2H3. The molecule has 0 amide bonds. The molecule has 0 atom stereocenters. The summed E-state index contributed by atoms with van der Waals surface area (Å²) in [5.74, 6) is 0. The lowest BCUT2D eigenvalue weighted by molar-refractivity contribution is 1.50. The first-order chi connectivity index (χ1) is 2.91. The van der Waals surface area contributed by atoms with Gasteiger partial charge in [0, 0.05) is 0 Å². The fourth-order valence-corrected chi connectivity index (χ4v) is 0. The molecule has 0 aromatic rings. The topological polar surface area (TPSA) is 0 Å². The summed E-state index contributed by atoms with van der Waals surface area (Å²) in [6.45, 7) is 8.00. The normalized spacial score (nSPS) is 7.33. The molecule has 0 aliphatic rings. The Morgan fingerprint density at radius 2 is 1.00 bits per heavy atom. The Labute approximate surface area is 40.9 Å². The van der Waals surface area contributed by atoms with Gasteiger partial charge in [0.15, 0.2) is 0 Å². The smallest absolute Gasteiger partial charge is 0.0470 e. The average Bonchev–Trinajstić information content (AvgIpc) is 1.72. The molecule has 38 valence electrons. The fraction of sp³-hybridized carbons (Fsp3) is 0.667. The highest BCUT2D eigenvalue weighted by Crippen LogP contribution is 1.57. The van der Waals surface area contributed by atoms with Gasteiger partial charge in [0.2, 0.25) is 0 Å². The Kier molecular flexibility index (Phi) is 33.7. The Balaban J connectivity index is 0. The Hall–Kier alpha value is -0.260. The third-order valence-electron chi connectivity index (χ3n) is 0.333. The molecule has 0 N–H and O–H groups in total. The van der Waals surface area contributed by atoms with Gasteiger partial charge >= 0.3 is 0 Å². The summed E-state index contributed by atoms with van der Waals surface area (Å²) in [7, 11) is 0. The molecule has 0 saturated heterocycles. The SMILES string of the molecule is CC.CC=CC. The zero-order chi connectivity index (χ0) is 5.41. The molecule has 0 unspecified atom stereocenters. The van der Waals surface area contributed by atoms with Crippen LogP contribution in [0, 0.1) is 0 Å². The van der Waals surface area contributed by atoms with Crippen molar-refractivity contribution in [3.63, 3.8) is 0 Å². The summed E-state index contributed by atoms with van der Waals surface area (Å²) in [5, 5.41) is 0. The number of allylic oxidation sites excluding steroid dienone is 2. The van der Waals surface area contributed by atoms with Gasteiger partial charge in [0.1, 0.15) is 0 Å². The van der Waals surface area contributed by atoms with Gasteiger partial charge < -0.3 is 0 Å². The molecule has 0 aromatic carbocycles. The maximum absolute atomic E-state index is 2.00. The third kappa shape index (κ3) is 51.3. The van der Waals surface area contributed by atoms with Gasteiger partial charge in [-0.1, -0.05) is 26.0 Å². The zero-order valence-electron chi connectivity index (χ0n) is 5.15. The van der Waals surface area contributed by atoms with E-state index in [4.69, 9.17) is 0 Å². The molecule has 0 heterocycles. The van der Waals surface area contributed by atoms with Crippen LogP contribution in [0.25, 0.3) is 0 Å². The van der Waals surface area contributed by atoms with Gasteiger partial charge in [-0.15, -0.1) is 0 Å². The van der Waals surface area contributed by atoms with Gasteiger partial charge in [0.05, 0.1) is 0 Å². The van der Waals surface area contributed by atoms with E-state index in [-0.39, 0.29) is 0 Å². The Morgan fingerprint density at radius 1 is 0.833 bits per heavy atom. The van der Waals surface area contributed by atoms with Crippen LogP contribution in [0.4, 0.5) is 0 Å². The molecule has 0 saturated carbocycles. The summed E-state index contributed by atoms with van der Waals surface area (Å²) in [4.78, 5) is 0. The van der Waals surface area contributed by atoms with Crippen LogP contribution >= 0.6 is 0 Å². The fourth-order valence-electron chi connectivity index (χ4n) is 0. The second-order valence-corrected chi connectivity index (χ2v) is 0.667. The number of hydrogen-bond donors (Lipinski definition) is 0. The summed E-state index contributed by atoms with van der Waals surface area (Å²) < 4.78 is 0. The van der Waals surface area contributed by atoms with Gasteiger partial charge in [-0.05, 0) is 13.8 Å². The lowest BCUT2D eigenvalue weighted by Gasteiger charge is -1.49. The first-order valence-corrected chi connectivity index (χ1v) is 2.49. The van der Waals surface area contributed by atoms with Crippen molar-refractivity contribution in [3.8, 4) is 0 Å². The van der Waals surface area contributed by atoms with E-state index in [1.54, 1.807) is 0 Å². The predicted molar refractivity (Wildman–Crippen MR) is 31.8 cm³/mol. The van der Waals surface area contributed by atoms with Crippen molar-refractivity contribution in [2.24, 2.45) is 0 Å². The highest BCUT2D eigenvalue weighted by molar-refractivity contribution is 4.68. The van der Waals surface area contributed by atoms with Crippen LogP contribution in [0.15, 0.2) is 12.2 Å². The second kappa shape index (κ2) is 21.9. The largest absolute Gasteiger partial charge is 0.0919 e. The molecule has 6 heavy (non-hydrogen) atoms. The van der Waals surface area contributed by atoms with Crippen molar-refractivity contribution >= 4 is 0 Å². The maximum atomic E-state index is 2.00. The van der Waals surface area contributed by atoms with E-state index in [1.807, 2.05) is 39.8 Å². The van der Waals surface area contributed by atoms with Gasteiger partial charge in [-0.3, -0.25) is 0 Å². The number of hydrogen-bond acceptors (Lipinski definition) is 0. The first-order valence-electron chi connectivity index (χ1n) is 2.49. The average molecular weight is 86.2 g/mol. The number of rotatable bonds is 0. The Bertz CT molecular complexity index is 15.2. The summed E-state index contributed by atoms with van der Waals surface area (Å²) >= 11 is 0. The van der Waals surface area contributed by atoms with Crippen LogP contribution in [0.2, 0.25) is 0 Å². The molecule has 0 rings (SSSR count). The molecule has 0 aliphatic heterocycles. The van der Waals surface area contributed by atoms with Gasteiger partial charge in [-0.25, -0.2) is 0 Å². The van der Waals surface area contributed by atoms with Crippen LogP contribution in [0.1, 0.15) is 27.7 Å². The van der Waals surface area contributed by atoms with E-state index in [2.05, 4.69) is 0 Å². The molecule has 0 spiro atoms. The molecule has 0 heteroatoms. The molecule has 0 aromatic heterocycles. The molecule has 0 bridgehead atoms. The van der Waals surface area contributed by atoms with Crippen LogP contribution < -0.4 is 0 Å². The molecule has 0 radical (unpaired) electrons. The summed E-state index contributed by atoms with van der Waals surface area (Å²) in [5.41, 5.74) is 0. The van der Waals surface area contributed by atoms with Crippen molar-refractivity contribution in [2.45, 2.75) is 27.7 Å². The highest BCUT2D eigenvalue weighted by atomic mass is 13.4. The van der Waals surface area contributed by atoms with E-state index in [0.717, 1.165) is 0 Å². The first kappa shape index (κ1) is 9.22. The van der Waals surface area contributed by atoms with E-state index >= 15 is 0 Å². The monoisotopic (exact) mass is 86.1 g/mol. The minimum atomic E-state index is 2.00. The van der Waals surface area contributed by atoms with Gasteiger partial charge in [-0.2, -0.15) is 0 Å². The van der Waals surface area contributed by atoms with Gasteiger partial charge in [0.25, 0.3) is 0 Å². The maximum Gasteiger partial charge on any atom is -0.0470 e. The van der Waals surface area contributed by atoms with Crippen LogP contribution in [0.3, 0.4) is 0 Å². The molecule has 0 fully saturated rings. The predicted octanol–water partition coefficient (Wildman–Crippen LogP) is 2.61. The van der Waals surface area contributed by atoms with Crippen molar-refractivity contribution in [3.05, 3.63) is 12.2 Å². The van der Waals surface area contributed by atoms with E-state index in [1.165, 1.54) is 0 Å². The van der Waals surface area contributed by atoms with Crippen LogP contribution in [-0.2, 0) is 0 Å². The van der Waals surface area contributed by atoms with Crippen LogP contribution in [0.5, 0.6) is 0 Å². The van der Waals surface area contributed by atoms with Crippen molar-refractivity contribution in [1.29, 1.82) is 0 Å². The molecular weight excluding hydrogens is 72.1 g/mol. The summed E-state index contributed by atoms with van der Waals surface area (Å²) in [6, 6.07) is 0. The van der Waals surface area contributed by atoms with Crippen molar-refractivity contribution in [1.82, 2.24) is 0 Å². The second-order valence-electron chi connectivity index (χ2n) is 0.667. The quantitative estimate of drug-likeness (QED) is 0.397. The minimum Gasteiger partial charge on any atom is -0.0919 e.